The summed E-state index contributed by atoms with van der Waals surface area (Å²) in [5.41, 5.74) is 5.83. The van der Waals surface area contributed by atoms with E-state index in [0.717, 1.165) is 6.42 Å². The monoisotopic (exact) mass is 239 g/mol. The zero-order valence-electron chi connectivity index (χ0n) is 11.5. The number of allylic oxidation sites excluding steroid dienone is 1. The molecule has 0 radical (unpaired) electrons. The van der Waals surface area contributed by atoms with Crippen molar-refractivity contribution < 1.29 is 0 Å². The molecule has 94 valence electrons. The molecule has 0 saturated heterocycles. The van der Waals surface area contributed by atoms with Crippen molar-refractivity contribution in [1.82, 2.24) is 4.98 Å². The van der Waals surface area contributed by atoms with Crippen molar-refractivity contribution in [2.24, 2.45) is 0 Å². The van der Waals surface area contributed by atoms with Crippen molar-refractivity contribution in [3.8, 4) is 0 Å². The number of aromatic nitrogens is 1. The highest BCUT2D eigenvalue weighted by Crippen LogP contribution is 2.45. The Morgan fingerprint density at radius 1 is 1.33 bits per heavy atom. The molecule has 0 bridgehead atoms. The molecule has 1 aromatic carbocycles. The number of rotatable bonds is 2. The third-order valence-corrected chi connectivity index (χ3v) is 4.21. The van der Waals surface area contributed by atoms with Crippen LogP contribution in [0.5, 0.6) is 0 Å². The SMILES string of the molecule is CC/C=C/c1cc2c(c3[nH]ccc13)[C@@H](C)C[C@@H]2C. The van der Waals surface area contributed by atoms with Crippen LogP contribution in [0.15, 0.2) is 24.4 Å². The Morgan fingerprint density at radius 2 is 2.17 bits per heavy atom. The molecule has 0 saturated carbocycles. The third-order valence-electron chi connectivity index (χ3n) is 4.21. The Labute approximate surface area is 109 Å². The highest BCUT2D eigenvalue weighted by Gasteiger charge is 2.28. The van der Waals surface area contributed by atoms with Crippen LogP contribution in [-0.2, 0) is 0 Å². The highest BCUT2D eigenvalue weighted by molar-refractivity contribution is 5.92. The van der Waals surface area contributed by atoms with Crippen LogP contribution in [0.25, 0.3) is 17.0 Å². The molecule has 1 aliphatic rings. The lowest BCUT2D eigenvalue weighted by atomic mass is 9.96. The molecule has 1 aromatic heterocycles. The molecule has 0 fully saturated rings. The zero-order valence-corrected chi connectivity index (χ0v) is 11.5. The Balaban J connectivity index is 2.28. The van der Waals surface area contributed by atoms with E-state index in [4.69, 9.17) is 0 Å². The molecule has 2 atom stereocenters. The zero-order chi connectivity index (χ0) is 12.7. The molecule has 0 unspecified atom stereocenters. The molecule has 1 N–H and O–H groups in total. The predicted molar refractivity (Wildman–Crippen MR) is 79.1 cm³/mol. The minimum Gasteiger partial charge on any atom is -0.361 e. The van der Waals surface area contributed by atoms with Gasteiger partial charge in [-0.1, -0.05) is 39.0 Å². The van der Waals surface area contributed by atoms with Gasteiger partial charge in [0.1, 0.15) is 0 Å². The van der Waals surface area contributed by atoms with E-state index in [9.17, 15) is 0 Å². The van der Waals surface area contributed by atoms with Gasteiger partial charge in [-0.3, -0.25) is 0 Å². The topological polar surface area (TPSA) is 15.8 Å². The Morgan fingerprint density at radius 3 is 2.94 bits per heavy atom. The van der Waals surface area contributed by atoms with Crippen molar-refractivity contribution in [3.05, 3.63) is 41.1 Å². The second-order valence-electron chi connectivity index (χ2n) is 5.58. The predicted octanol–water partition coefficient (Wildman–Crippen LogP) is 5.20. The van der Waals surface area contributed by atoms with E-state index in [1.807, 2.05) is 0 Å². The molecule has 2 aromatic rings. The van der Waals surface area contributed by atoms with Gasteiger partial charge in [0, 0.05) is 17.1 Å². The van der Waals surface area contributed by atoms with Gasteiger partial charge in [-0.15, -0.1) is 0 Å². The minimum absolute atomic E-state index is 0.681. The largest absolute Gasteiger partial charge is 0.361 e. The third kappa shape index (κ3) is 1.61. The molecule has 18 heavy (non-hydrogen) atoms. The number of H-pyrrole nitrogens is 1. The first-order valence-electron chi connectivity index (χ1n) is 7.02. The number of hydrogen-bond donors (Lipinski definition) is 1. The van der Waals surface area contributed by atoms with E-state index in [1.54, 1.807) is 11.1 Å². The van der Waals surface area contributed by atoms with Crippen LogP contribution in [0.3, 0.4) is 0 Å². The smallest absolute Gasteiger partial charge is 0.0498 e. The molecule has 1 heterocycles. The summed E-state index contributed by atoms with van der Waals surface area (Å²) in [6, 6.07) is 4.62. The lowest BCUT2D eigenvalue weighted by Gasteiger charge is -2.10. The lowest BCUT2D eigenvalue weighted by molar-refractivity contribution is 0.662. The van der Waals surface area contributed by atoms with Crippen LogP contribution < -0.4 is 0 Å². The van der Waals surface area contributed by atoms with Crippen molar-refractivity contribution >= 4 is 17.0 Å². The van der Waals surface area contributed by atoms with E-state index in [1.165, 1.54) is 22.9 Å². The lowest BCUT2D eigenvalue weighted by Crippen LogP contribution is -1.91. The maximum atomic E-state index is 3.45. The van der Waals surface area contributed by atoms with Crippen LogP contribution in [0.4, 0.5) is 0 Å². The fourth-order valence-corrected chi connectivity index (χ4v) is 3.40. The van der Waals surface area contributed by atoms with Crippen molar-refractivity contribution in [2.45, 2.75) is 45.4 Å². The summed E-state index contributed by atoms with van der Waals surface area (Å²) < 4.78 is 0. The fourth-order valence-electron chi connectivity index (χ4n) is 3.40. The molecule has 0 aliphatic heterocycles. The van der Waals surface area contributed by atoms with Gasteiger partial charge < -0.3 is 4.98 Å². The number of hydrogen-bond acceptors (Lipinski definition) is 0. The Kier molecular flexibility index (Phi) is 2.77. The Bertz CT molecular complexity index is 603. The summed E-state index contributed by atoms with van der Waals surface area (Å²) >= 11 is 0. The normalized spacial score (nSPS) is 23.1. The van der Waals surface area contributed by atoms with E-state index in [2.05, 4.69) is 56.2 Å². The maximum Gasteiger partial charge on any atom is 0.0498 e. The van der Waals surface area contributed by atoms with Crippen LogP contribution in [0.2, 0.25) is 0 Å². The summed E-state index contributed by atoms with van der Waals surface area (Å²) in [7, 11) is 0. The summed E-state index contributed by atoms with van der Waals surface area (Å²) in [5, 5.41) is 1.37. The minimum atomic E-state index is 0.681. The van der Waals surface area contributed by atoms with Gasteiger partial charge in [-0.25, -0.2) is 0 Å². The molecule has 3 rings (SSSR count). The molecule has 0 spiro atoms. The second-order valence-corrected chi connectivity index (χ2v) is 5.58. The number of aromatic amines is 1. The van der Waals surface area contributed by atoms with Gasteiger partial charge in [0.05, 0.1) is 0 Å². The van der Waals surface area contributed by atoms with E-state index < -0.39 is 0 Å². The van der Waals surface area contributed by atoms with E-state index in [0.29, 0.717) is 11.8 Å². The summed E-state index contributed by atoms with van der Waals surface area (Å²) in [6.07, 6.45) is 8.96. The molecule has 1 nitrogen and oxygen atoms in total. The second kappa shape index (κ2) is 4.31. The Hall–Kier alpha value is -1.50. The summed E-state index contributed by atoms with van der Waals surface area (Å²) in [5.74, 6) is 1.37. The van der Waals surface area contributed by atoms with Gasteiger partial charge in [0.25, 0.3) is 0 Å². The number of nitrogens with one attached hydrogen (secondary N) is 1. The number of benzene rings is 1. The van der Waals surface area contributed by atoms with Crippen LogP contribution in [0, 0.1) is 0 Å². The fraction of sp³-hybridized carbons (Fsp3) is 0.412. The first-order valence-corrected chi connectivity index (χ1v) is 7.02. The van der Waals surface area contributed by atoms with Crippen molar-refractivity contribution in [2.75, 3.05) is 0 Å². The van der Waals surface area contributed by atoms with Crippen LogP contribution in [-0.4, -0.2) is 4.98 Å². The molecule has 1 aliphatic carbocycles. The average molecular weight is 239 g/mol. The van der Waals surface area contributed by atoms with Crippen LogP contribution in [0.1, 0.15) is 62.1 Å². The van der Waals surface area contributed by atoms with Crippen LogP contribution >= 0.6 is 0 Å². The van der Waals surface area contributed by atoms with Crippen molar-refractivity contribution in [1.29, 1.82) is 0 Å². The van der Waals surface area contributed by atoms with Gasteiger partial charge in [-0.2, -0.15) is 0 Å². The molecular weight excluding hydrogens is 218 g/mol. The van der Waals surface area contributed by atoms with Gasteiger partial charge in [-0.05, 0) is 47.4 Å². The number of fused-ring (bicyclic) bond motifs is 3. The maximum absolute atomic E-state index is 3.45. The quantitative estimate of drug-likeness (QED) is 0.741. The standard InChI is InChI=1S/C17H21N/c1-4-5-6-13-10-15-11(2)9-12(3)16(15)17-14(13)7-8-18-17/h5-8,10-12,18H,4,9H2,1-3H3/b6-5+/t11-,12-/m0/s1. The van der Waals surface area contributed by atoms with Gasteiger partial charge >= 0.3 is 0 Å². The molecule has 1 heteroatoms. The average Bonchev–Trinajstić information content (AvgIpc) is 2.92. The van der Waals surface area contributed by atoms with Gasteiger partial charge in [0.2, 0.25) is 0 Å². The molecular formula is C17H21N. The van der Waals surface area contributed by atoms with E-state index in [-0.39, 0.29) is 0 Å². The van der Waals surface area contributed by atoms with E-state index >= 15 is 0 Å². The molecule has 0 amide bonds. The summed E-state index contributed by atoms with van der Waals surface area (Å²) in [4.78, 5) is 3.45. The summed E-state index contributed by atoms with van der Waals surface area (Å²) in [6.45, 7) is 6.89. The van der Waals surface area contributed by atoms with Gasteiger partial charge in [0.15, 0.2) is 0 Å². The first-order chi connectivity index (χ1) is 8.72. The highest BCUT2D eigenvalue weighted by atomic mass is 14.7. The van der Waals surface area contributed by atoms with Crippen molar-refractivity contribution in [3.63, 3.8) is 0 Å². The first kappa shape index (κ1) is 11.6.